The molecule has 0 atom stereocenters. The van der Waals surface area contributed by atoms with Crippen molar-refractivity contribution in [2.24, 2.45) is 0 Å². The van der Waals surface area contributed by atoms with E-state index in [-0.39, 0.29) is 12.5 Å². The molecular weight excluding hydrogens is 288 g/mol. The summed E-state index contributed by atoms with van der Waals surface area (Å²) in [5.74, 6) is 0.361. The third kappa shape index (κ3) is 2.87. The first kappa shape index (κ1) is 14.3. The van der Waals surface area contributed by atoms with Crippen LogP contribution in [0.3, 0.4) is 0 Å². The van der Waals surface area contributed by atoms with Crippen LogP contribution in [-0.4, -0.2) is 41.1 Å². The topological polar surface area (TPSA) is 53.4 Å². The van der Waals surface area contributed by atoms with Crippen molar-refractivity contribution in [2.45, 2.75) is 18.8 Å². The molecule has 0 unspecified atom stereocenters. The summed E-state index contributed by atoms with van der Waals surface area (Å²) in [4.78, 5) is 18.8. The summed E-state index contributed by atoms with van der Waals surface area (Å²) >= 11 is 6.06. The van der Waals surface area contributed by atoms with Crippen LogP contribution in [-0.2, 0) is 0 Å². The number of carbonyl (C=O) groups is 1. The number of hydrogen-bond acceptors (Lipinski definition) is 3. The molecule has 1 aliphatic rings. The number of fused-ring (bicyclic) bond motifs is 1. The lowest BCUT2D eigenvalue weighted by Crippen LogP contribution is -2.29. The van der Waals surface area contributed by atoms with Crippen LogP contribution in [0, 0.1) is 0 Å². The molecule has 0 bridgehead atoms. The molecule has 1 N–H and O–H groups in total. The van der Waals surface area contributed by atoms with Crippen LogP contribution >= 0.6 is 11.6 Å². The van der Waals surface area contributed by atoms with Gasteiger partial charge in [-0.3, -0.25) is 9.78 Å². The average molecular weight is 305 g/mol. The monoisotopic (exact) mass is 304 g/mol. The molecule has 0 spiro atoms. The van der Waals surface area contributed by atoms with Crippen LogP contribution in [0.4, 0.5) is 0 Å². The number of aromatic nitrogens is 1. The van der Waals surface area contributed by atoms with Crippen molar-refractivity contribution in [1.82, 2.24) is 9.88 Å². The summed E-state index contributed by atoms with van der Waals surface area (Å²) in [7, 11) is 1.69. The second kappa shape index (κ2) is 5.62. The number of likely N-dealkylation sites (N-methyl/N-ethyl adjacent to an activating group) is 1. The number of hydrogen-bond donors (Lipinski definition) is 1. The number of carbonyl (C=O) groups excluding carboxylic acids is 1. The van der Waals surface area contributed by atoms with E-state index in [0.29, 0.717) is 23.0 Å². The average Bonchev–Trinajstić information content (AvgIpc) is 3.30. The van der Waals surface area contributed by atoms with E-state index >= 15 is 0 Å². The van der Waals surface area contributed by atoms with Crippen molar-refractivity contribution >= 4 is 28.4 Å². The van der Waals surface area contributed by atoms with Crippen LogP contribution in [0.2, 0.25) is 5.02 Å². The minimum Gasteiger partial charge on any atom is -0.395 e. The first-order valence-electron chi connectivity index (χ1n) is 7.06. The van der Waals surface area contributed by atoms with Crippen LogP contribution < -0.4 is 0 Å². The molecule has 2 aromatic rings. The van der Waals surface area contributed by atoms with E-state index in [1.54, 1.807) is 19.2 Å². The van der Waals surface area contributed by atoms with Crippen molar-refractivity contribution in [1.29, 1.82) is 0 Å². The lowest BCUT2D eigenvalue weighted by Gasteiger charge is -2.17. The van der Waals surface area contributed by atoms with Crippen molar-refractivity contribution in [2.75, 3.05) is 20.2 Å². The van der Waals surface area contributed by atoms with E-state index in [4.69, 9.17) is 16.7 Å². The van der Waals surface area contributed by atoms with E-state index in [1.165, 1.54) is 4.90 Å². The van der Waals surface area contributed by atoms with Crippen molar-refractivity contribution in [3.63, 3.8) is 0 Å². The molecule has 1 amide bonds. The van der Waals surface area contributed by atoms with Gasteiger partial charge in [-0.25, -0.2) is 0 Å². The first-order valence-corrected chi connectivity index (χ1v) is 7.44. The highest BCUT2D eigenvalue weighted by Gasteiger charge is 2.27. The summed E-state index contributed by atoms with van der Waals surface area (Å²) in [6.07, 6.45) is 2.26. The first-order chi connectivity index (χ1) is 10.1. The number of rotatable bonds is 4. The maximum Gasteiger partial charge on any atom is 0.254 e. The number of pyridine rings is 1. The summed E-state index contributed by atoms with van der Waals surface area (Å²) in [6, 6.07) is 7.30. The summed E-state index contributed by atoms with van der Waals surface area (Å²) < 4.78 is 0. The molecule has 1 aromatic heterocycles. The van der Waals surface area contributed by atoms with Gasteiger partial charge in [-0.1, -0.05) is 11.6 Å². The quantitative estimate of drug-likeness (QED) is 0.945. The largest absolute Gasteiger partial charge is 0.395 e. The standard InChI is InChI=1S/C16H17ClN2O2/c1-19(6-7-20)16(21)13-9-15(10-2-3-10)18-14-5-4-11(17)8-12(13)14/h4-5,8-10,20H,2-3,6-7H2,1H3. The molecule has 0 radical (unpaired) electrons. The third-order valence-electron chi connectivity index (χ3n) is 3.80. The van der Waals surface area contributed by atoms with Gasteiger partial charge in [0.1, 0.15) is 0 Å². The Labute approximate surface area is 128 Å². The fourth-order valence-corrected chi connectivity index (χ4v) is 2.61. The van der Waals surface area contributed by atoms with Crippen LogP contribution in [0.1, 0.15) is 34.8 Å². The zero-order chi connectivity index (χ0) is 15.0. The predicted octanol–water partition coefficient (Wildman–Crippen LogP) is 2.83. The molecule has 0 aliphatic heterocycles. The molecule has 1 aliphatic carbocycles. The van der Waals surface area contributed by atoms with Crippen LogP contribution in [0.5, 0.6) is 0 Å². The molecule has 0 saturated heterocycles. The van der Waals surface area contributed by atoms with Gasteiger partial charge in [0, 0.05) is 35.6 Å². The van der Waals surface area contributed by atoms with E-state index < -0.39 is 0 Å². The number of amides is 1. The Morgan fingerprint density at radius 2 is 2.19 bits per heavy atom. The highest BCUT2D eigenvalue weighted by atomic mass is 35.5. The number of aliphatic hydroxyl groups is 1. The molecule has 1 saturated carbocycles. The Bertz CT molecular complexity index is 698. The van der Waals surface area contributed by atoms with E-state index in [1.807, 2.05) is 12.1 Å². The molecule has 1 heterocycles. The summed E-state index contributed by atoms with van der Waals surface area (Å²) in [6.45, 7) is 0.253. The molecule has 5 heteroatoms. The van der Waals surface area contributed by atoms with E-state index in [9.17, 15) is 4.79 Å². The molecule has 110 valence electrons. The molecule has 1 aromatic carbocycles. The summed E-state index contributed by atoms with van der Waals surface area (Å²) in [5.41, 5.74) is 2.38. The lowest BCUT2D eigenvalue weighted by atomic mass is 10.0. The highest BCUT2D eigenvalue weighted by molar-refractivity contribution is 6.31. The van der Waals surface area contributed by atoms with Gasteiger partial charge in [-0.2, -0.15) is 0 Å². The smallest absolute Gasteiger partial charge is 0.254 e. The predicted molar refractivity (Wildman–Crippen MR) is 82.8 cm³/mol. The maximum absolute atomic E-state index is 12.6. The van der Waals surface area contributed by atoms with Gasteiger partial charge in [0.25, 0.3) is 5.91 Å². The number of halogens is 1. The minimum atomic E-state index is -0.111. The molecule has 4 nitrogen and oxygen atoms in total. The van der Waals surface area contributed by atoms with E-state index in [2.05, 4.69) is 4.98 Å². The van der Waals surface area contributed by atoms with Gasteiger partial charge < -0.3 is 10.0 Å². The SMILES string of the molecule is CN(CCO)C(=O)c1cc(C2CC2)nc2ccc(Cl)cc12. The Morgan fingerprint density at radius 1 is 1.43 bits per heavy atom. The number of nitrogens with zero attached hydrogens (tertiary/aromatic N) is 2. The lowest BCUT2D eigenvalue weighted by molar-refractivity contribution is 0.0768. The summed E-state index contributed by atoms with van der Waals surface area (Å²) in [5, 5.41) is 10.4. The number of benzene rings is 1. The minimum absolute atomic E-state index is 0.0541. The second-order valence-electron chi connectivity index (χ2n) is 5.48. The van der Waals surface area contributed by atoms with Crippen molar-refractivity contribution < 1.29 is 9.90 Å². The molecule has 3 rings (SSSR count). The third-order valence-corrected chi connectivity index (χ3v) is 4.03. The molecule has 21 heavy (non-hydrogen) atoms. The zero-order valence-corrected chi connectivity index (χ0v) is 12.6. The molecule has 1 fully saturated rings. The van der Waals surface area contributed by atoms with Gasteiger partial charge >= 0.3 is 0 Å². The van der Waals surface area contributed by atoms with Crippen molar-refractivity contribution in [3.8, 4) is 0 Å². The van der Waals surface area contributed by atoms with E-state index in [0.717, 1.165) is 29.4 Å². The zero-order valence-electron chi connectivity index (χ0n) is 11.8. The normalized spacial score (nSPS) is 14.4. The van der Waals surface area contributed by atoms with Crippen LogP contribution in [0.15, 0.2) is 24.3 Å². The van der Waals surface area contributed by atoms with Gasteiger partial charge in [0.2, 0.25) is 0 Å². The van der Waals surface area contributed by atoms with Gasteiger partial charge in [0.15, 0.2) is 0 Å². The highest BCUT2D eigenvalue weighted by Crippen LogP contribution is 2.40. The Morgan fingerprint density at radius 3 is 2.86 bits per heavy atom. The van der Waals surface area contributed by atoms with Gasteiger partial charge in [-0.15, -0.1) is 0 Å². The Kier molecular flexibility index (Phi) is 3.83. The second-order valence-corrected chi connectivity index (χ2v) is 5.92. The maximum atomic E-state index is 12.6. The fourth-order valence-electron chi connectivity index (χ4n) is 2.44. The Balaban J connectivity index is 2.13. The van der Waals surface area contributed by atoms with Gasteiger partial charge in [-0.05, 0) is 37.1 Å². The number of aliphatic hydroxyl groups excluding tert-OH is 1. The Hall–Kier alpha value is -1.65. The molecular formula is C16H17ClN2O2. The van der Waals surface area contributed by atoms with Gasteiger partial charge in [0.05, 0.1) is 17.7 Å². The van der Waals surface area contributed by atoms with Crippen LogP contribution in [0.25, 0.3) is 10.9 Å². The van der Waals surface area contributed by atoms with Crippen molar-refractivity contribution in [3.05, 3.63) is 40.5 Å². The fraction of sp³-hybridized carbons (Fsp3) is 0.375.